The zero-order chi connectivity index (χ0) is 9.52. The Kier molecular flexibility index (Phi) is 4.46. The first kappa shape index (κ1) is 10.2. The Labute approximate surface area is 79.4 Å². The number of nitrogens with one attached hydrogen (secondary N) is 1. The summed E-state index contributed by atoms with van der Waals surface area (Å²) in [5, 5.41) is 7.50. The minimum atomic E-state index is 0.642. The summed E-state index contributed by atoms with van der Waals surface area (Å²) in [6.07, 6.45) is 5.69. The van der Waals surface area contributed by atoms with Crippen LogP contribution in [0.3, 0.4) is 0 Å². The van der Waals surface area contributed by atoms with Gasteiger partial charge in [0.25, 0.3) is 0 Å². The summed E-state index contributed by atoms with van der Waals surface area (Å²) >= 11 is 0. The van der Waals surface area contributed by atoms with Crippen molar-refractivity contribution in [2.45, 2.75) is 39.3 Å². The second kappa shape index (κ2) is 5.70. The van der Waals surface area contributed by atoms with Gasteiger partial charge in [-0.25, -0.2) is 4.98 Å². The van der Waals surface area contributed by atoms with Crippen LogP contribution in [0.2, 0.25) is 0 Å². The van der Waals surface area contributed by atoms with Crippen LogP contribution in [0, 0.1) is 0 Å². The molecule has 0 amide bonds. The third-order valence-electron chi connectivity index (χ3n) is 2.23. The first-order valence-corrected chi connectivity index (χ1v) is 4.92. The van der Waals surface area contributed by atoms with Crippen LogP contribution >= 0.6 is 0 Å². The summed E-state index contributed by atoms with van der Waals surface area (Å²) in [4.78, 5) is 3.88. The maximum Gasteiger partial charge on any atom is 0.137 e. The van der Waals surface area contributed by atoms with Crippen LogP contribution in [-0.2, 0) is 6.54 Å². The van der Waals surface area contributed by atoms with E-state index in [2.05, 4.69) is 29.2 Å². The second-order valence-corrected chi connectivity index (χ2v) is 3.13. The number of nitrogens with zero attached hydrogens (tertiary/aromatic N) is 3. The van der Waals surface area contributed by atoms with Gasteiger partial charge in [0.05, 0.1) is 6.54 Å². The monoisotopic (exact) mass is 182 g/mol. The van der Waals surface area contributed by atoms with E-state index in [0.717, 1.165) is 13.1 Å². The van der Waals surface area contributed by atoms with Gasteiger partial charge in [0, 0.05) is 12.6 Å². The molecule has 0 fully saturated rings. The standard InChI is InChI=1S/C9H18N4/c1-3-9(4-2)11-5-6-13-8-10-7-12-13/h7-9,11H,3-6H2,1-2H3. The maximum absolute atomic E-state index is 4.03. The lowest BCUT2D eigenvalue weighted by atomic mass is 10.2. The molecule has 0 spiro atoms. The van der Waals surface area contributed by atoms with Crippen molar-refractivity contribution in [3.8, 4) is 0 Å². The van der Waals surface area contributed by atoms with Crippen LogP contribution in [0.15, 0.2) is 12.7 Å². The Bertz CT molecular complexity index is 203. The summed E-state index contributed by atoms with van der Waals surface area (Å²) in [6.45, 7) is 6.28. The van der Waals surface area contributed by atoms with Crippen molar-refractivity contribution in [3.63, 3.8) is 0 Å². The molecule has 1 rings (SSSR count). The van der Waals surface area contributed by atoms with E-state index in [1.54, 1.807) is 12.7 Å². The van der Waals surface area contributed by atoms with Gasteiger partial charge in [-0.15, -0.1) is 0 Å². The molecule has 74 valence electrons. The molecule has 1 aromatic rings. The second-order valence-electron chi connectivity index (χ2n) is 3.13. The molecule has 4 nitrogen and oxygen atoms in total. The van der Waals surface area contributed by atoms with Crippen LogP contribution in [-0.4, -0.2) is 27.4 Å². The number of rotatable bonds is 6. The summed E-state index contributed by atoms with van der Waals surface area (Å²) < 4.78 is 1.84. The Morgan fingerprint density at radius 2 is 2.15 bits per heavy atom. The zero-order valence-electron chi connectivity index (χ0n) is 8.40. The molecule has 4 heteroatoms. The fourth-order valence-corrected chi connectivity index (χ4v) is 1.31. The highest BCUT2D eigenvalue weighted by Gasteiger charge is 2.00. The van der Waals surface area contributed by atoms with Crippen molar-refractivity contribution in [2.24, 2.45) is 0 Å². The van der Waals surface area contributed by atoms with Gasteiger partial charge in [-0.2, -0.15) is 5.10 Å². The quantitative estimate of drug-likeness (QED) is 0.715. The molecule has 1 heterocycles. The van der Waals surface area contributed by atoms with Gasteiger partial charge >= 0.3 is 0 Å². The smallest absolute Gasteiger partial charge is 0.137 e. The molecular weight excluding hydrogens is 164 g/mol. The summed E-state index contributed by atoms with van der Waals surface area (Å²) in [5.74, 6) is 0. The van der Waals surface area contributed by atoms with Gasteiger partial charge in [0.1, 0.15) is 12.7 Å². The van der Waals surface area contributed by atoms with Gasteiger partial charge in [0.2, 0.25) is 0 Å². The van der Waals surface area contributed by atoms with E-state index in [1.165, 1.54) is 12.8 Å². The molecule has 1 aromatic heterocycles. The van der Waals surface area contributed by atoms with Crippen molar-refractivity contribution in [1.82, 2.24) is 20.1 Å². The number of aromatic nitrogens is 3. The third kappa shape index (κ3) is 3.55. The molecule has 0 aromatic carbocycles. The molecule has 0 unspecified atom stereocenters. The average molecular weight is 182 g/mol. The molecule has 0 aliphatic carbocycles. The van der Waals surface area contributed by atoms with E-state index < -0.39 is 0 Å². The molecule has 0 saturated carbocycles. The van der Waals surface area contributed by atoms with Crippen LogP contribution in [0.1, 0.15) is 26.7 Å². The molecule has 0 saturated heterocycles. The van der Waals surface area contributed by atoms with E-state index in [9.17, 15) is 0 Å². The van der Waals surface area contributed by atoms with Crippen molar-refractivity contribution < 1.29 is 0 Å². The van der Waals surface area contributed by atoms with E-state index in [0.29, 0.717) is 6.04 Å². The van der Waals surface area contributed by atoms with Crippen LogP contribution in [0.5, 0.6) is 0 Å². The van der Waals surface area contributed by atoms with Gasteiger partial charge < -0.3 is 5.32 Å². The molecule has 0 radical (unpaired) electrons. The molecular formula is C9H18N4. The molecule has 0 aliphatic rings. The molecule has 13 heavy (non-hydrogen) atoms. The largest absolute Gasteiger partial charge is 0.312 e. The highest BCUT2D eigenvalue weighted by atomic mass is 15.3. The Morgan fingerprint density at radius 3 is 2.69 bits per heavy atom. The third-order valence-corrected chi connectivity index (χ3v) is 2.23. The lowest BCUT2D eigenvalue weighted by Crippen LogP contribution is -2.30. The van der Waals surface area contributed by atoms with Crippen LogP contribution < -0.4 is 5.32 Å². The van der Waals surface area contributed by atoms with Crippen LogP contribution in [0.25, 0.3) is 0 Å². The fourth-order valence-electron chi connectivity index (χ4n) is 1.31. The SMILES string of the molecule is CCC(CC)NCCn1cncn1. The zero-order valence-corrected chi connectivity index (χ0v) is 8.40. The molecule has 0 atom stereocenters. The van der Waals surface area contributed by atoms with Crippen molar-refractivity contribution >= 4 is 0 Å². The highest BCUT2D eigenvalue weighted by Crippen LogP contribution is 1.94. The topological polar surface area (TPSA) is 42.7 Å². The summed E-state index contributed by atoms with van der Waals surface area (Å²) in [6, 6.07) is 0.642. The average Bonchev–Trinajstić information content (AvgIpc) is 2.65. The fraction of sp³-hybridized carbons (Fsp3) is 0.778. The first-order valence-electron chi connectivity index (χ1n) is 4.92. The molecule has 0 aliphatic heterocycles. The predicted octanol–water partition coefficient (Wildman–Crippen LogP) is 1.06. The molecule has 1 N–H and O–H groups in total. The summed E-state index contributed by atoms with van der Waals surface area (Å²) in [7, 11) is 0. The van der Waals surface area contributed by atoms with Crippen molar-refractivity contribution in [3.05, 3.63) is 12.7 Å². The van der Waals surface area contributed by atoms with E-state index in [4.69, 9.17) is 0 Å². The van der Waals surface area contributed by atoms with Crippen molar-refractivity contribution in [1.29, 1.82) is 0 Å². The highest BCUT2D eigenvalue weighted by molar-refractivity contribution is 4.63. The summed E-state index contributed by atoms with van der Waals surface area (Å²) in [5.41, 5.74) is 0. The predicted molar refractivity (Wildman–Crippen MR) is 52.4 cm³/mol. The Hall–Kier alpha value is -0.900. The Balaban J connectivity index is 2.13. The molecule has 0 bridgehead atoms. The minimum Gasteiger partial charge on any atom is -0.312 e. The minimum absolute atomic E-state index is 0.642. The normalized spacial score (nSPS) is 11.0. The first-order chi connectivity index (χ1) is 6.36. The van der Waals surface area contributed by atoms with Crippen molar-refractivity contribution in [2.75, 3.05) is 6.54 Å². The van der Waals surface area contributed by atoms with Gasteiger partial charge in [0.15, 0.2) is 0 Å². The van der Waals surface area contributed by atoms with E-state index >= 15 is 0 Å². The number of hydrogen-bond donors (Lipinski definition) is 1. The lowest BCUT2D eigenvalue weighted by Gasteiger charge is -2.13. The van der Waals surface area contributed by atoms with Gasteiger partial charge in [-0.1, -0.05) is 13.8 Å². The van der Waals surface area contributed by atoms with Gasteiger partial charge in [-0.3, -0.25) is 4.68 Å². The van der Waals surface area contributed by atoms with Gasteiger partial charge in [-0.05, 0) is 12.8 Å². The number of hydrogen-bond acceptors (Lipinski definition) is 3. The van der Waals surface area contributed by atoms with E-state index in [-0.39, 0.29) is 0 Å². The van der Waals surface area contributed by atoms with Crippen LogP contribution in [0.4, 0.5) is 0 Å². The Morgan fingerprint density at radius 1 is 1.38 bits per heavy atom. The lowest BCUT2D eigenvalue weighted by molar-refractivity contribution is 0.454. The van der Waals surface area contributed by atoms with E-state index in [1.807, 2.05) is 4.68 Å². The maximum atomic E-state index is 4.03.